The van der Waals surface area contributed by atoms with Crippen molar-refractivity contribution in [2.24, 2.45) is 5.92 Å². The van der Waals surface area contributed by atoms with E-state index in [1.165, 1.54) is 24.3 Å². The number of hydrogen-bond donors (Lipinski definition) is 2. The van der Waals surface area contributed by atoms with Crippen LogP contribution < -0.4 is 16.3 Å². The lowest BCUT2D eigenvalue weighted by Crippen LogP contribution is -2.37. The summed E-state index contributed by atoms with van der Waals surface area (Å²) in [5.74, 6) is -1.44. The molecular formula is C24H24F3N3O2. The summed E-state index contributed by atoms with van der Waals surface area (Å²) in [5, 5.41) is 2.95. The van der Waals surface area contributed by atoms with Gasteiger partial charge in [-0.15, -0.1) is 0 Å². The Balaban J connectivity index is 1.79. The summed E-state index contributed by atoms with van der Waals surface area (Å²) in [7, 11) is 0. The number of alkyl halides is 1. The number of rotatable bonds is 8. The minimum atomic E-state index is -0.744. The molecule has 5 nitrogen and oxygen atoms in total. The van der Waals surface area contributed by atoms with E-state index < -0.39 is 35.8 Å². The van der Waals surface area contributed by atoms with Crippen LogP contribution in [0.1, 0.15) is 46.9 Å². The maximum Gasteiger partial charge on any atom is 0.279 e. The molecule has 0 aliphatic heterocycles. The minimum Gasteiger partial charge on any atom is -0.345 e. The molecule has 1 atom stereocenters. The van der Waals surface area contributed by atoms with E-state index >= 15 is 0 Å². The summed E-state index contributed by atoms with van der Waals surface area (Å²) in [5.41, 5.74) is 3.24. The molecule has 1 fully saturated rings. The Bertz CT molecular complexity index is 1220. The highest BCUT2D eigenvalue weighted by Gasteiger charge is 2.34. The highest BCUT2D eigenvalue weighted by molar-refractivity contribution is 6.08. The third-order valence-corrected chi connectivity index (χ3v) is 5.79. The van der Waals surface area contributed by atoms with Gasteiger partial charge in [-0.3, -0.25) is 14.0 Å². The second-order valence-electron chi connectivity index (χ2n) is 8.06. The van der Waals surface area contributed by atoms with Gasteiger partial charge in [0.25, 0.3) is 11.5 Å². The molecule has 3 aromatic rings. The van der Waals surface area contributed by atoms with Crippen LogP contribution in [-0.4, -0.2) is 23.8 Å². The summed E-state index contributed by atoms with van der Waals surface area (Å²) in [4.78, 5) is 26.4. The normalized spacial score (nSPS) is 14.4. The number of nitrogens with zero attached hydrogens (tertiary/aromatic N) is 1. The second kappa shape index (κ2) is 9.06. The van der Waals surface area contributed by atoms with E-state index in [0.717, 1.165) is 23.6 Å². The molecule has 1 amide bonds. The maximum absolute atomic E-state index is 14.6. The maximum atomic E-state index is 14.6. The van der Waals surface area contributed by atoms with E-state index in [1.54, 1.807) is 19.1 Å². The van der Waals surface area contributed by atoms with Gasteiger partial charge in [0, 0.05) is 11.9 Å². The van der Waals surface area contributed by atoms with E-state index in [1.807, 2.05) is 0 Å². The van der Waals surface area contributed by atoms with Gasteiger partial charge in [0.1, 0.15) is 11.6 Å². The van der Waals surface area contributed by atoms with Crippen molar-refractivity contribution in [3.05, 3.63) is 81.3 Å². The summed E-state index contributed by atoms with van der Waals surface area (Å²) in [6, 6.07) is 9.82. The predicted octanol–water partition coefficient (Wildman–Crippen LogP) is 4.37. The molecule has 168 valence electrons. The van der Waals surface area contributed by atoms with Crippen molar-refractivity contribution in [1.29, 1.82) is 0 Å². The number of hydrogen-bond acceptors (Lipinski definition) is 3. The molecule has 1 heterocycles. The first kappa shape index (κ1) is 21.9. The van der Waals surface area contributed by atoms with Gasteiger partial charge in [-0.05, 0) is 55.9 Å². The van der Waals surface area contributed by atoms with E-state index in [2.05, 4.69) is 10.7 Å². The van der Waals surface area contributed by atoms with Crippen molar-refractivity contribution < 1.29 is 18.0 Å². The van der Waals surface area contributed by atoms with E-state index in [0.29, 0.717) is 11.3 Å². The van der Waals surface area contributed by atoms with Crippen molar-refractivity contribution in [3.8, 4) is 0 Å². The molecule has 8 heteroatoms. The van der Waals surface area contributed by atoms with Crippen LogP contribution in [0.5, 0.6) is 0 Å². The molecule has 2 aromatic carbocycles. The van der Waals surface area contributed by atoms with Crippen LogP contribution in [0.25, 0.3) is 10.8 Å². The van der Waals surface area contributed by atoms with Crippen molar-refractivity contribution >= 4 is 16.7 Å². The van der Waals surface area contributed by atoms with Crippen LogP contribution in [0.2, 0.25) is 0 Å². The fraction of sp³-hybridized carbons (Fsp3) is 0.333. The average Bonchev–Trinajstić information content (AvgIpc) is 3.59. The predicted molar refractivity (Wildman–Crippen MR) is 117 cm³/mol. The summed E-state index contributed by atoms with van der Waals surface area (Å²) in [6.45, 7) is 1.15. The fourth-order valence-corrected chi connectivity index (χ4v) is 4.07. The van der Waals surface area contributed by atoms with Crippen molar-refractivity contribution in [1.82, 2.24) is 9.99 Å². The van der Waals surface area contributed by atoms with Gasteiger partial charge in [-0.1, -0.05) is 24.3 Å². The number of aromatic nitrogens is 1. The number of benzene rings is 2. The van der Waals surface area contributed by atoms with E-state index in [4.69, 9.17) is 0 Å². The quantitative estimate of drug-likeness (QED) is 0.509. The molecule has 32 heavy (non-hydrogen) atoms. The molecule has 4 rings (SSSR count). The first-order valence-electron chi connectivity index (χ1n) is 10.6. The van der Waals surface area contributed by atoms with E-state index in [-0.39, 0.29) is 35.2 Å². The molecule has 0 saturated heterocycles. The number of fused-ring (bicyclic) bond motifs is 1. The highest BCUT2D eigenvalue weighted by Crippen LogP contribution is 2.41. The average molecular weight is 442 g/mol. The van der Waals surface area contributed by atoms with Gasteiger partial charge < -0.3 is 10.7 Å². The molecule has 1 aromatic heterocycles. The first-order valence-corrected chi connectivity index (χ1v) is 10.6. The van der Waals surface area contributed by atoms with Crippen molar-refractivity contribution in [2.45, 2.75) is 32.2 Å². The molecule has 1 aliphatic carbocycles. The number of amides is 1. The van der Waals surface area contributed by atoms with Gasteiger partial charge in [0.05, 0.1) is 29.4 Å². The SMILES string of the molecule is Cc1c(C(=O)N[C@H](c2cccc(F)c2)C2CC2)c2cccc(F)c2c(=O)n1NCCC[18F]. The van der Waals surface area contributed by atoms with Crippen molar-refractivity contribution in [3.63, 3.8) is 0 Å². The number of carbonyl (C=O) groups is 1. The Morgan fingerprint density at radius 1 is 1.19 bits per heavy atom. The zero-order chi connectivity index (χ0) is 22.8. The lowest BCUT2D eigenvalue weighted by molar-refractivity contribution is 0.0932. The number of nitrogens with one attached hydrogen (secondary N) is 2. The lowest BCUT2D eigenvalue weighted by atomic mass is 9.99. The van der Waals surface area contributed by atoms with Gasteiger partial charge in [0.15, 0.2) is 0 Å². The van der Waals surface area contributed by atoms with Crippen LogP contribution >= 0.6 is 0 Å². The zero-order valence-electron chi connectivity index (χ0n) is 17.6. The van der Waals surface area contributed by atoms with Gasteiger partial charge in [-0.2, -0.15) is 0 Å². The van der Waals surface area contributed by atoms with Crippen molar-refractivity contribution in [2.75, 3.05) is 18.6 Å². The Labute approximate surface area is 183 Å². The number of carbonyl (C=O) groups excluding carboxylic acids is 1. The lowest BCUT2D eigenvalue weighted by Gasteiger charge is -2.22. The van der Waals surface area contributed by atoms with E-state index in [9.17, 15) is 22.8 Å². The molecule has 1 aliphatic rings. The number of pyridine rings is 1. The van der Waals surface area contributed by atoms with Crippen LogP contribution in [0.4, 0.5) is 13.2 Å². The monoisotopic (exact) mass is 442 g/mol. The van der Waals surface area contributed by atoms with Crippen LogP contribution in [0.15, 0.2) is 47.3 Å². The molecule has 0 spiro atoms. The number of halogens is 3. The highest BCUT2D eigenvalue weighted by atomic mass is 19.1. The molecule has 2 N–H and O–H groups in total. The summed E-state index contributed by atoms with van der Waals surface area (Å²) >= 11 is 0. The Morgan fingerprint density at radius 3 is 2.62 bits per heavy atom. The Hall–Kier alpha value is -3.29. The summed E-state index contributed by atoms with van der Waals surface area (Å²) < 4.78 is 42.1. The Morgan fingerprint density at radius 2 is 1.94 bits per heavy atom. The van der Waals surface area contributed by atoms with Crippen LogP contribution in [0.3, 0.4) is 0 Å². The first-order chi connectivity index (χ1) is 15.4. The molecule has 0 radical (unpaired) electrons. The fourth-order valence-electron chi connectivity index (χ4n) is 4.07. The molecule has 0 unspecified atom stereocenters. The third kappa shape index (κ3) is 4.22. The largest absolute Gasteiger partial charge is 0.345 e. The third-order valence-electron chi connectivity index (χ3n) is 5.79. The van der Waals surface area contributed by atoms with Gasteiger partial charge in [0.2, 0.25) is 0 Å². The van der Waals surface area contributed by atoms with Gasteiger partial charge in [-0.25, -0.2) is 13.5 Å². The molecular weight excluding hydrogens is 418 g/mol. The van der Waals surface area contributed by atoms with Crippen LogP contribution in [0, 0.1) is 24.5 Å². The van der Waals surface area contributed by atoms with Crippen LogP contribution in [-0.2, 0) is 0 Å². The zero-order valence-corrected chi connectivity index (χ0v) is 17.6. The second-order valence-corrected chi connectivity index (χ2v) is 8.06. The van der Waals surface area contributed by atoms with Gasteiger partial charge >= 0.3 is 0 Å². The Kier molecular flexibility index (Phi) is 6.21. The summed E-state index contributed by atoms with van der Waals surface area (Å²) in [6.07, 6.45) is 1.96. The smallest absolute Gasteiger partial charge is 0.279 e. The standard InChI is InChI=1S/C24H24F3N3O2/c1-14-20(23(31)29-22(15-9-10-15)16-5-2-6-17(26)13-16)18-7-3-8-19(27)21(18)24(32)30(14)28-12-4-11-25/h2-3,5-8,13,15,22,28H,4,9-12H2,1H3,(H,29,31)/t22-/m0/s1/i25-1. The molecule has 0 bridgehead atoms. The molecule has 1 saturated carbocycles. The minimum absolute atomic E-state index is 0.145. The topological polar surface area (TPSA) is 63.1 Å².